The summed E-state index contributed by atoms with van der Waals surface area (Å²) in [4.78, 5) is 42.0. The number of hydrogen-bond acceptors (Lipinski definition) is 10. The maximum absolute atomic E-state index is 15.1. The zero-order valence-corrected chi connectivity index (χ0v) is 24.2. The van der Waals surface area contributed by atoms with Crippen molar-refractivity contribution >= 4 is 22.6 Å². The molecule has 12 nitrogen and oxygen atoms in total. The molecule has 5 heterocycles. The SMILES string of the molecule is COc1cc(C)c(-n2c(C(F)(F)F)ccc(C(=O)Nc3cnc(Oc4c(F)cnc5cc(OC)c(OC)nc45)c(F)c3)c2=O)cn1. The molecule has 1 N–H and O–H groups in total. The van der Waals surface area contributed by atoms with E-state index in [1.54, 1.807) is 0 Å². The molecule has 0 aliphatic heterocycles. The minimum Gasteiger partial charge on any atom is -0.491 e. The van der Waals surface area contributed by atoms with E-state index >= 15 is 4.39 Å². The average molecular weight is 645 g/mol. The molecule has 5 aromatic rings. The van der Waals surface area contributed by atoms with Gasteiger partial charge in [-0.25, -0.2) is 23.7 Å². The zero-order chi connectivity index (χ0) is 33.3. The molecule has 1 amide bonds. The van der Waals surface area contributed by atoms with Gasteiger partial charge in [-0.05, 0) is 24.6 Å². The number of halogens is 5. The van der Waals surface area contributed by atoms with E-state index in [1.807, 2.05) is 0 Å². The van der Waals surface area contributed by atoms with Crippen LogP contribution in [-0.2, 0) is 6.18 Å². The van der Waals surface area contributed by atoms with Gasteiger partial charge in [0.2, 0.25) is 5.88 Å². The maximum atomic E-state index is 15.1. The van der Waals surface area contributed by atoms with Gasteiger partial charge in [0.25, 0.3) is 23.2 Å². The van der Waals surface area contributed by atoms with E-state index in [0.717, 1.165) is 24.7 Å². The van der Waals surface area contributed by atoms with Crippen molar-refractivity contribution in [1.82, 2.24) is 24.5 Å². The molecule has 46 heavy (non-hydrogen) atoms. The number of alkyl halides is 3. The maximum Gasteiger partial charge on any atom is 0.431 e. The Hall–Kier alpha value is -5.87. The summed E-state index contributed by atoms with van der Waals surface area (Å²) in [6, 6.07) is 4.72. The number of aromatic nitrogens is 5. The highest BCUT2D eigenvalue weighted by Gasteiger charge is 2.36. The van der Waals surface area contributed by atoms with Gasteiger partial charge in [0, 0.05) is 18.2 Å². The predicted octanol–water partition coefficient (Wildman–Crippen LogP) is 5.25. The number of methoxy groups -OCH3 is 3. The smallest absolute Gasteiger partial charge is 0.431 e. The fourth-order valence-corrected chi connectivity index (χ4v) is 4.33. The molecular formula is C29H21F5N6O6. The van der Waals surface area contributed by atoms with Crippen LogP contribution >= 0.6 is 0 Å². The summed E-state index contributed by atoms with van der Waals surface area (Å²) in [5.74, 6) is -4.35. The summed E-state index contributed by atoms with van der Waals surface area (Å²) < 4.78 is 92.4. The zero-order valence-electron chi connectivity index (χ0n) is 24.2. The third-order valence-electron chi connectivity index (χ3n) is 6.49. The Kier molecular flexibility index (Phi) is 8.41. The number of hydrogen-bond donors (Lipinski definition) is 1. The minimum atomic E-state index is -4.98. The summed E-state index contributed by atoms with van der Waals surface area (Å²) in [7, 11) is 3.97. The van der Waals surface area contributed by atoms with Crippen LogP contribution < -0.4 is 29.8 Å². The summed E-state index contributed by atoms with van der Waals surface area (Å²) in [5.41, 5.74) is -3.75. The fraction of sp³-hybridized carbons (Fsp3) is 0.172. The molecule has 0 saturated heterocycles. The lowest BCUT2D eigenvalue weighted by atomic mass is 10.1. The molecule has 17 heteroatoms. The number of rotatable bonds is 8. The van der Waals surface area contributed by atoms with Crippen LogP contribution in [0.4, 0.5) is 27.6 Å². The number of carbonyl (C=O) groups is 1. The van der Waals surface area contributed by atoms with Crippen molar-refractivity contribution in [2.24, 2.45) is 0 Å². The van der Waals surface area contributed by atoms with Crippen molar-refractivity contribution in [2.45, 2.75) is 13.1 Å². The molecule has 0 aliphatic carbocycles. The summed E-state index contributed by atoms with van der Waals surface area (Å²) in [5, 5.41) is 2.22. The molecule has 5 aromatic heterocycles. The second-order valence-electron chi connectivity index (χ2n) is 9.35. The fourth-order valence-electron chi connectivity index (χ4n) is 4.33. The Morgan fingerprint density at radius 1 is 0.891 bits per heavy atom. The van der Waals surface area contributed by atoms with Crippen LogP contribution in [0.1, 0.15) is 21.6 Å². The van der Waals surface area contributed by atoms with Crippen LogP contribution in [-0.4, -0.2) is 51.7 Å². The third kappa shape index (κ3) is 5.93. The average Bonchev–Trinajstić information content (AvgIpc) is 3.02. The van der Waals surface area contributed by atoms with Gasteiger partial charge in [-0.2, -0.15) is 13.2 Å². The number of nitrogens with one attached hydrogen (secondary N) is 1. The quantitative estimate of drug-likeness (QED) is 0.223. The Morgan fingerprint density at radius 2 is 1.65 bits per heavy atom. The van der Waals surface area contributed by atoms with Gasteiger partial charge in [0.05, 0.1) is 56.8 Å². The molecule has 0 radical (unpaired) electrons. The molecule has 238 valence electrons. The first-order valence-corrected chi connectivity index (χ1v) is 12.9. The van der Waals surface area contributed by atoms with Gasteiger partial charge in [-0.1, -0.05) is 0 Å². The normalized spacial score (nSPS) is 11.3. The van der Waals surface area contributed by atoms with Crippen molar-refractivity contribution in [3.63, 3.8) is 0 Å². The number of fused-ring (bicyclic) bond motifs is 1. The molecule has 5 rings (SSSR count). The van der Waals surface area contributed by atoms with Gasteiger partial charge < -0.3 is 24.3 Å². The number of pyridine rings is 5. The second kappa shape index (κ2) is 12.3. The van der Waals surface area contributed by atoms with Gasteiger partial charge in [-0.3, -0.25) is 19.1 Å². The standard InChI is InChI=1S/C29H21F5N6O6/c1-13-7-22(44-3)36-12-19(13)40-21(29(32,33)34)6-5-15(28(40)42)25(41)38-14-8-16(30)26(37-10-14)46-24-17(31)11-35-18-9-20(43-2)27(45-4)39-23(18)24/h5-12H,1-4H3,(H,38,41). The van der Waals surface area contributed by atoms with E-state index in [0.29, 0.717) is 16.7 Å². The van der Waals surface area contributed by atoms with Gasteiger partial charge >= 0.3 is 6.18 Å². The van der Waals surface area contributed by atoms with E-state index in [-0.39, 0.29) is 45.5 Å². The molecule has 0 aliphatic rings. The lowest BCUT2D eigenvalue weighted by molar-refractivity contribution is -0.142. The van der Waals surface area contributed by atoms with Crippen LogP contribution in [0.25, 0.3) is 16.7 Å². The topological polar surface area (TPSA) is 140 Å². The Labute approximate surface area is 255 Å². The first-order chi connectivity index (χ1) is 21.9. The molecule has 0 atom stereocenters. The highest BCUT2D eigenvalue weighted by Crippen LogP contribution is 2.36. The number of carbonyl (C=O) groups excluding carboxylic acids is 1. The van der Waals surface area contributed by atoms with Crippen LogP contribution in [0, 0.1) is 18.6 Å². The highest BCUT2D eigenvalue weighted by molar-refractivity contribution is 6.04. The third-order valence-corrected chi connectivity index (χ3v) is 6.49. The monoisotopic (exact) mass is 644 g/mol. The minimum absolute atomic E-state index is 0.0283. The first-order valence-electron chi connectivity index (χ1n) is 12.9. The van der Waals surface area contributed by atoms with Crippen molar-refractivity contribution < 1.29 is 45.7 Å². The van der Waals surface area contributed by atoms with Crippen LogP contribution in [0.3, 0.4) is 0 Å². The number of anilines is 1. The van der Waals surface area contributed by atoms with E-state index in [1.165, 1.54) is 40.4 Å². The number of nitrogens with zero attached hydrogens (tertiary/aromatic N) is 5. The molecule has 0 fully saturated rings. The van der Waals surface area contributed by atoms with Gasteiger partial charge in [0.1, 0.15) is 16.8 Å². The number of aryl methyl sites for hydroxylation is 1. The van der Waals surface area contributed by atoms with E-state index in [2.05, 4.69) is 25.3 Å². The molecule has 0 spiro atoms. The molecule has 0 bridgehead atoms. The Balaban J connectivity index is 1.47. The van der Waals surface area contributed by atoms with Crippen molar-refractivity contribution in [3.05, 3.63) is 87.7 Å². The van der Waals surface area contributed by atoms with Crippen LogP contribution in [0.15, 0.2) is 53.7 Å². The largest absolute Gasteiger partial charge is 0.491 e. The summed E-state index contributed by atoms with van der Waals surface area (Å²) in [6.07, 6.45) is -2.23. The van der Waals surface area contributed by atoms with Crippen molar-refractivity contribution in [1.29, 1.82) is 0 Å². The van der Waals surface area contributed by atoms with Crippen molar-refractivity contribution in [2.75, 3.05) is 26.6 Å². The second-order valence-corrected chi connectivity index (χ2v) is 9.35. The van der Waals surface area contributed by atoms with Gasteiger partial charge in [-0.15, -0.1) is 0 Å². The van der Waals surface area contributed by atoms with Crippen LogP contribution in [0.5, 0.6) is 29.1 Å². The molecular weight excluding hydrogens is 623 g/mol. The highest BCUT2D eigenvalue weighted by atomic mass is 19.4. The van der Waals surface area contributed by atoms with Gasteiger partial charge in [0.15, 0.2) is 23.1 Å². The Bertz CT molecular complexity index is 2050. The number of ether oxygens (including phenoxy) is 4. The lowest BCUT2D eigenvalue weighted by Crippen LogP contribution is -2.33. The summed E-state index contributed by atoms with van der Waals surface area (Å²) in [6.45, 7) is 1.43. The summed E-state index contributed by atoms with van der Waals surface area (Å²) >= 11 is 0. The Morgan fingerprint density at radius 3 is 2.28 bits per heavy atom. The molecule has 0 aromatic carbocycles. The van der Waals surface area contributed by atoms with Crippen LogP contribution in [0.2, 0.25) is 0 Å². The van der Waals surface area contributed by atoms with E-state index in [9.17, 15) is 27.2 Å². The van der Waals surface area contributed by atoms with E-state index in [4.69, 9.17) is 18.9 Å². The lowest BCUT2D eigenvalue weighted by Gasteiger charge is -2.18. The molecule has 0 unspecified atom stereocenters. The van der Waals surface area contributed by atoms with Crippen molar-refractivity contribution in [3.8, 4) is 34.8 Å². The first kappa shape index (κ1) is 31.6. The predicted molar refractivity (Wildman–Crippen MR) is 151 cm³/mol. The molecule has 0 saturated carbocycles. The van der Waals surface area contributed by atoms with E-state index < -0.39 is 52.2 Å². The number of amides is 1.